The summed E-state index contributed by atoms with van der Waals surface area (Å²) in [4.78, 5) is 43.0. The standard InChI is InChI=1S/C33H49N3O5/c1-9-12-22(4)34-30(38)29(26-17-13-24(11-3)14-18-26)36(23(5)10-2)31(39)28(35-32(40)41-33(6,7)8)21-25-15-19-27(37)20-16-25/h13-20,22-23,28-29,37H,9-12,21H2,1-8H3,(H,34,38)(H,35,40). The molecule has 8 heteroatoms. The lowest BCUT2D eigenvalue weighted by Gasteiger charge is -2.38. The molecule has 41 heavy (non-hydrogen) atoms. The molecule has 0 fully saturated rings. The summed E-state index contributed by atoms with van der Waals surface area (Å²) in [6.45, 7) is 15.2. The summed E-state index contributed by atoms with van der Waals surface area (Å²) in [5.74, 6) is -0.544. The lowest BCUT2D eigenvalue weighted by Crippen LogP contribution is -2.56. The minimum atomic E-state index is -1.01. The number of rotatable bonds is 13. The van der Waals surface area contributed by atoms with Crippen LogP contribution in [0, 0.1) is 0 Å². The summed E-state index contributed by atoms with van der Waals surface area (Å²) in [6, 6.07) is 12.0. The second kappa shape index (κ2) is 15.5. The van der Waals surface area contributed by atoms with Crippen molar-refractivity contribution in [2.45, 2.75) is 117 Å². The average Bonchev–Trinajstić information content (AvgIpc) is 2.90. The van der Waals surface area contributed by atoms with Crippen LogP contribution in [0.4, 0.5) is 4.79 Å². The highest BCUT2D eigenvalue weighted by atomic mass is 16.6. The van der Waals surface area contributed by atoms with Gasteiger partial charge in [-0.2, -0.15) is 0 Å². The molecule has 0 heterocycles. The molecule has 2 rings (SSSR count). The Kier molecular flexibility index (Phi) is 12.7. The van der Waals surface area contributed by atoms with Crippen molar-refractivity contribution in [1.29, 1.82) is 0 Å². The van der Waals surface area contributed by atoms with Gasteiger partial charge < -0.3 is 25.4 Å². The number of hydrogen-bond acceptors (Lipinski definition) is 5. The molecule has 0 aliphatic heterocycles. The Morgan fingerprint density at radius 3 is 2.00 bits per heavy atom. The van der Waals surface area contributed by atoms with Crippen LogP contribution in [-0.2, 0) is 27.2 Å². The van der Waals surface area contributed by atoms with Gasteiger partial charge in [0.1, 0.15) is 23.4 Å². The van der Waals surface area contributed by atoms with Gasteiger partial charge in [0.25, 0.3) is 0 Å². The molecule has 2 aromatic carbocycles. The van der Waals surface area contributed by atoms with Crippen LogP contribution in [0.15, 0.2) is 48.5 Å². The predicted octanol–water partition coefficient (Wildman–Crippen LogP) is 6.06. The van der Waals surface area contributed by atoms with E-state index in [1.165, 1.54) is 12.1 Å². The molecule has 0 spiro atoms. The van der Waals surface area contributed by atoms with Gasteiger partial charge in [-0.3, -0.25) is 9.59 Å². The maximum absolute atomic E-state index is 14.5. The van der Waals surface area contributed by atoms with E-state index in [-0.39, 0.29) is 36.1 Å². The lowest BCUT2D eigenvalue weighted by atomic mass is 9.96. The van der Waals surface area contributed by atoms with E-state index in [0.29, 0.717) is 12.0 Å². The van der Waals surface area contributed by atoms with Gasteiger partial charge in [0.2, 0.25) is 11.8 Å². The van der Waals surface area contributed by atoms with Crippen molar-refractivity contribution in [3.05, 3.63) is 65.2 Å². The second-order valence-corrected chi connectivity index (χ2v) is 11.8. The average molecular weight is 568 g/mol. The van der Waals surface area contributed by atoms with E-state index in [9.17, 15) is 19.5 Å². The van der Waals surface area contributed by atoms with Crippen LogP contribution in [0.2, 0.25) is 0 Å². The molecule has 0 aromatic heterocycles. The minimum Gasteiger partial charge on any atom is -0.508 e. The summed E-state index contributed by atoms with van der Waals surface area (Å²) in [6.07, 6.45) is 2.62. The third-order valence-electron chi connectivity index (χ3n) is 7.03. The van der Waals surface area contributed by atoms with Gasteiger partial charge >= 0.3 is 6.09 Å². The highest BCUT2D eigenvalue weighted by Crippen LogP contribution is 2.28. The van der Waals surface area contributed by atoms with E-state index < -0.39 is 23.8 Å². The summed E-state index contributed by atoms with van der Waals surface area (Å²) in [7, 11) is 0. The minimum absolute atomic E-state index is 0.0634. The molecule has 0 bridgehead atoms. The molecule has 0 radical (unpaired) electrons. The summed E-state index contributed by atoms with van der Waals surface area (Å²) in [5.41, 5.74) is 1.82. The normalized spacial score (nSPS) is 14.3. The quantitative estimate of drug-likeness (QED) is 0.273. The monoisotopic (exact) mass is 567 g/mol. The first kappa shape index (κ1) is 33.7. The molecule has 226 valence electrons. The van der Waals surface area contributed by atoms with Crippen molar-refractivity contribution in [3.63, 3.8) is 0 Å². The predicted molar refractivity (Wildman–Crippen MR) is 163 cm³/mol. The molecule has 0 aliphatic rings. The molecule has 0 saturated heterocycles. The van der Waals surface area contributed by atoms with E-state index in [2.05, 4.69) is 24.5 Å². The van der Waals surface area contributed by atoms with Crippen LogP contribution >= 0.6 is 0 Å². The van der Waals surface area contributed by atoms with Crippen molar-refractivity contribution in [1.82, 2.24) is 15.5 Å². The number of carbonyl (C=O) groups excluding carboxylic acids is 3. The van der Waals surface area contributed by atoms with Crippen LogP contribution in [0.1, 0.15) is 97.4 Å². The molecule has 0 aliphatic carbocycles. The smallest absolute Gasteiger partial charge is 0.408 e. The Bertz CT molecular complexity index is 1130. The van der Waals surface area contributed by atoms with Gasteiger partial charge in [0, 0.05) is 18.5 Å². The van der Waals surface area contributed by atoms with Gasteiger partial charge in [-0.15, -0.1) is 0 Å². The Labute approximate surface area is 245 Å². The fourth-order valence-corrected chi connectivity index (χ4v) is 4.69. The molecule has 3 N–H and O–H groups in total. The van der Waals surface area contributed by atoms with E-state index >= 15 is 0 Å². The number of hydrogen-bond donors (Lipinski definition) is 3. The molecule has 4 atom stereocenters. The number of benzene rings is 2. The first-order valence-corrected chi connectivity index (χ1v) is 14.8. The molecular weight excluding hydrogens is 518 g/mol. The first-order valence-electron chi connectivity index (χ1n) is 14.8. The maximum atomic E-state index is 14.5. The lowest BCUT2D eigenvalue weighted by molar-refractivity contribution is -0.145. The molecule has 4 unspecified atom stereocenters. The Morgan fingerprint density at radius 1 is 0.902 bits per heavy atom. The van der Waals surface area contributed by atoms with Crippen LogP contribution in [0.3, 0.4) is 0 Å². The number of phenols is 1. The Morgan fingerprint density at radius 2 is 1.49 bits per heavy atom. The number of carbonyl (C=O) groups is 3. The van der Waals surface area contributed by atoms with Gasteiger partial charge in [0.05, 0.1) is 0 Å². The van der Waals surface area contributed by atoms with Crippen LogP contribution < -0.4 is 10.6 Å². The van der Waals surface area contributed by atoms with Crippen LogP contribution in [-0.4, -0.2) is 51.6 Å². The van der Waals surface area contributed by atoms with E-state index in [4.69, 9.17) is 4.74 Å². The number of alkyl carbamates (subject to hydrolysis) is 1. The van der Waals surface area contributed by atoms with Crippen molar-refractivity contribution < 1.29 is 24.2 Å². The van der Waals surface area contributed by atoms with Gasteiger partial charge in [0.15, 0.2) is 0 Å². The van der Waals surface area contributed by atoms with Crippen LogP contribution in [0.5, 0.6) is 5.75 Å². The van der Waals surface area contributed by atoms with E-state index in [1.807, 2.05) is 45.0 Å². The fourth-order valence-electron chi connectivity index (χ4n) is 4.69. The van der Waals surface area contributed by atoms with Crippen molar-refractivity contribution in [2.75, 3.05) is 0 Å². The largest absolute Gasteiger partial charge is 0.508 e. The second-order valence-electron chi connectivity index (χ2n) is 11.8. The fraction of sp³-hybridized carbons (Fsp3) is 0.545. The molecule has 3 amide bonds. The molecular formula is C33H49N3O5. The summed E-state index contributed by atoms with van der Waals surface area (Å²) in [5, 5.41) is 15.7. The van der Waals surface area contributed by atoms with Crippen molar-refractivity contribution in [2.24, 2.45) is 0 Å². The Hall–Kier alpha value is -3.55. The third-order valence-corrected chi connectivity index (χ3v) is 7.03. The number of aromatic hydroxyl groups is 1. The SMILES string of the molecule is CCCC(C)NC(=O)C(c1ccc(CC)cc1)N(C(=O)C(Cc1ccc(O)cc1)NC(=O)OC(C)(C)C)C(C)CC. The zero-order valence-corrected chi connectivity index (χ0v) is 26.0. The molecule has 8 nitrogen and oxygen atoms in total. The summed E-state index contributed by atoms with van der Waals surface area (Å²) < 4.78 is 5.50. The van der Waals surface area contributed by atoms with Crippen LogP contribution in [0.25, 0.3) is 0 Å². The zero-order valence-electron chi connectivity index (χ0n) is 26.0. The van der Waals surface area contributed by atoms with Gasteiger partial charge in [-0.1, -0.05) is 63.6 Å². The van der Waals surface area contributed by atoms with Crippen molar-refractivity contribution in [3.8, 4) is 5.75 Å². The number of phenolic OH excluding ortho intramolecular Hbond substituents is 1. The number of amides is 3. The van der Waals surface area contributed by atoms with Crippen molar-refractivity contribution >= 4 is 17.9 Å². The number of aryl methyl sites for hydroxylation is 1. The van der Waals surface area contributed by atoms with Gasteiger partial charge in [-0.05, 0) is 82.7 Å². The number of nitrogens with one attached hydrogen (secondary N) is 2. The highest BCUT2D eigenvalue weighted by molar-refractivity contribution is 5.92. The van der Waals surface area contributed by atoms with E-state index in [0.717, 1.165) is 30.4 Å². The highest BCUT2D eigenvalue weighted by Gasteiger charge is 2.39. The van der Waals surface area contributed by atoms with Gasteiger partial charge in [-0.25, -0.2) is 4.79 Å². The zero-order chi connectivity index (χ0) is 30.7. The topological polar surface area (TPSA) is 108 Å². The number of ether oxygens (including phenoxy) is 1. The number of nitrogens with zero attached hydrogens (tertiary/aromatic N) is 1. The Balaban J connectivity index is 2.59. The summed E-state index contributed by atoms with van der Waals surface area (Å²) >= 11 is 0. The first-order chi connectivity index (χ1) is 19.3. The third kappa shape index (κ3) is 10.4. The maximum Gasteiger partial charge on any atom is 0.408 e. The van der Waals surface area contributed by atoms with E-state index in [1.54, 1.807) is 37.8 Å². The molecule has 0 saturated carbocycles. The molecule has 2 aromatic rings.